The van der Waals surface area contributed by atoms with Gasteiger partial charge in [0, 0.05) is 62.7 Å². The molecule has 5 rings (SSSR count). The number of nitrogens with zero attached hydrogens (tertiary/aromatic N) is 3. The maximum Gasteiger partial charge on any atom is 0.236 e. The second-order valence-electron chi connectivity index (χ2n) is 10.8. The van der Waals surface area contributed by atoms with Gasteiger partial charge in [0.25, 0.3) is 0 Å². The Bertz CT molecular complexity index is 1570. The number of halogens is 1. The van der Waals surface area contributed by atoms with Gasteiger partial charge in [0.15, 0.2) is 9.84 Å². The van der Waals surface area contributed by atoms with Crippen molar-refractivity contribution in [1.29, 1.82) is 5.41 Å². The molecule has 2 fully saturated rings. The number of anilines is 1. The van der Waals surface area contributed by atoms with Crippen LogP contribution >= 0.6 is 22.9 Å². The molecular formula is C31H36ClN5O3S2. The molecule has 0 unspecified atom stereocenters. The third kappa shape index (κ3) is 7.87. The third-order valence-corrected chi connectivity index (χ3v) is 10.2. The Labute approximate surface area is 257 Å². The highest BCUT2D eigenvalue weighted by Gasteiger charge is 2.24. The van der Waals surface area contributed by atoms with Crippen LogP contribution in [0.3, 0.4) is 0 Å². The Hall–Kier alpha value is -3.02. The lowest BCUT2D eigenvalue weighted by Gasteiger charge is -2.34. The lowest BCUT2D eigenvalue weighted by Crippen LogP contribution is -2.50. The van der Waals surface area contributed by atoms with Gasteiger partial charge in [-0.25, -0.2) is 8.42 Å². The Morgan fingerprint density at radius 2 is 1.64 bits per heavy atom. The highest BCUT2D eigenvalue weighted by molar-refractivity contribution is 7.90. The molecule has 3 aromatic rings. The van der Waals surface area contributed by atoms with E-state index in [0.29, 0.717) is 23.8 Å². The maximum atomic E-state index is 12.5. The van der Waals surface area contributed by atoms with Gasteiger partial charge in [0.1, 0.15) is 0 Å². The van der Waals surface area contributed by atoms with Gasteiger partial charge >= 0.3 is 0 Å². The molecule has 0 radical (unpaired) electrons. The van der Waals surface area contributed by atoms with E-state index in [4.69, 9.17) is 17.0 Å². The zero-order valence-corrected chi connectivity index (χ0v) is 26.1. The van der Waals surface area contributed by atoms with Crippen molar-refractivity contribution in [2.24, 2.45) is 0 Å². The van der Waals surface area contributed by atoms with E-state index in [1.165, 1.54) is 17.6 Å². The van der Waals surface area contributed by atoms with Crippen molar-refractivity contribution in [1.82, 2.24) is 14.7 Å². The van der Waals surface area contributed by atoms with Crippen LogP contribution in [0.4, 0.5) is 5.69 Å². The number of hydrogen-bond acceptors (Lipinski definition) is 8. The molecule has 1 aromatic heterocycles. The van der Waals surface area contributed by atoms with E-state index in [1.807, 2.05) is 53.4 Å². The first-order valence-corrected chi connectivity index (χ1v) is 17.2. The van der Waals surface area contributed by atoms with Crippen molar-refractivity contribution < 1.29 is 13.2 Å². The molecule has 42 heavy (non-hydrogen) atoms. The second kappa shape index (κ2) is 13.5. The van der Waals surface area contributed by atoms with Gasteiger partial charge in [-0.1, -0.05) is 35.9 Å². The Morgan fingerprint density at radius 3 is 2.33 bits per heavy atom. The summed E-state index contributed by atoms with van der Waals surface area (Å²) in [7, 11) is -3.32. The van der Waals surface area contributed by atoms with Gasteiger partial charge in [-0.15, -0.1) is 11.3 Å². The van der Waals surface area contributed by atoms with E-state index in [1.54, 1.807) is 18.2 Å². The van der Waals surface area contributed by atoms with Crippen LogP contribution in [0.5, 0.6) is 0 Å². The van der Waals surface area contributed by atoms with E-state index in [-0.39, 0.29) is 10.8 Å². The zero-order chi connectivity index (χ0) is 29.7. The minimum Gasteiger partial charge on any atom is -0.353 e. The summed E-state index contributed by atoms with van der Waals surface area (Å²) in [6.45, 7) is 5.95. The highest BCUT2D eigenvalue weighted by atomic mass is 35.5. The number of rotatable bonds is 10. The fourth-order valence-corrected chi connectivity index (χ4v) is 7.04. The number of thiophene rings is 1. The molecule has 2 N–H and O–H groups in total. The summed E-state index contributed by atoms with van der Waals surface area (Å²) in [4.78, 5) is 21.1. The molecule has 0 saturated carbocycles. The van der Waals surface area contributed by atoms with Crippen LogP contribution in [-0.2, 0) is 14.6 Å². The van der Waals surface area contributed by atoms with Gasteiger partial charge in [0.05, 0.1) is 32.7 Å². The molecule has 0 aliphatic carbocycles. The molecule has 0 bridgehead atoms. The van der Waals surface area contributed by atoms with Crippen molar-refractivity contribution in [2.75, 3.05) is 63.9 Å². The molecule has 2 aliphatic heterocycles. The maximum absolute atomic E-state index is 12.5. The molecule has 222 valence electrons. The molecule has 8 nitrogen and oxygen atoms in total. The molecule has 2 aromatic carbocycles. The standard InChI is InChI=1S/C31H36ClN5O3S2/c1-42(39,40)25-8-6-7-23(19-25)29-11-12-30(41-29)28(34-27-10-3-2-9-26(27)32)20-24(33)21-35-15-17-36(18-16-35)22-31(38)37-13-4-5-14-37/h2-3,6-12,19-20,33-34H,4-5,13-18,21-22H2,1H3/b28-20-,33-24?. The summed E-state index contributed by atoms with van der Waals surface area (Å²) < 4.78 is 24.2. The van der Waals surface area contributed by atoms with Crippen LogP contribution in [0.25, 0.3) is 16.1 Å². The smallest absolute Gasteiger partial charge is 0.236 e. The first-order valence-electron chi connectivity index (χ1n) is 14.1. The van der Waals surface area contributed by atoms with Crippen LogP contribution in [0.2, 0.25) is 5.02 Å². The SMILES string of the molecule is CS(=O)(=O)c1cccc(-c2ccc(/C(=C/C(=N)CN3CCN(CC(=O)N4CCCC4)CC3)Nc3ccccc3Cl)s2)c1. The molecular weight excluding hydrogens is 590 g/mol. The van der Waals surface area contributed by atoms with Crippen LogP contribution in [0.1, 0.15) is 17.7 Å². The predicted octanol–water partition coefficient (Wildman–Crippen LogP) is 5.18. The molecule has 0 atom stereocenters. The van der Waals surface area contributed by atoms with Crippen LogP contribution < -0.4 is 5.32 Å². The quantitative estimate of drug-likeness (QED) is 0.301. The van der Waals surface area contributed by atoms with Crippen LogP contribution in [0.15, 0.2) is 71.6 Å². The summed E-state index contributed by atoms with van der Waals surface area (Å²) in [6.07, 6.45) is 5.26. The average Bonchev–Trinajstić information content (AvgIpc) is 3.68. The number of sulfone groups is 1. The molecule has 0 spiro atoms. The largest absolute Gasteiger partial charge is 0.353 e. The summed E-state index contributed by atoms with van der Waals surface area (Å²) in [5.74, 6) is 0.227. The molecule has 2 saturated heterocycles. The molecule has 1 amide bonds. The first kappa shape index (κ1) is 30.4. The number of carbonyl (C=O) groups excluding carboxylic acids is 1. The van der Waals surface area contributed by atoms with Crippen molar-refractivity contribution in [3.8, 4) is 10.4 Å². The fourth-order valence-electron chi connectivity index (χ4n) is 5.22. The van der Waals surface area contributed by atoms with Crippen LogP contribution in [0, 0.1) is 5.41 Å². The Kier molecular flexibility index (Phi) is 9.80. The fraction of sp³-hybridized carbons (Fsp3) is 0.355. The van der Waals surface area contributed by atoms with E-state index < -0.39 is 9.84 Å². The number of amides is 1. The Balaban J connectivity index is 1.29. The Morgan fingerprint density at radius 1 is 0.952 bits per heavy atom. The van der Waals surface area contributed by atoms with Gasteiger partial charge in [0.2, 0.25) is 5.91 Å². The summed E-state index contributed by atoms with van der Waals surface area (Å²) in [5.41, 5.74) is 2.77. The number of benzene rings is 2. The number of likely N-dealkylation sites (tertiary alicyclic amines) is 1. The minimum atomic E-state index is -3.32. The number of hydrogen-bond donors (Lipinski definition) is 2. The van der Waals surface area contributed by atoms with Crippen molar-refractivity contribution in [3.05, 3.63) is 76.6 Å². The zero-order valence-electron chi connectivity index (χ0n) is 23.7. The van der Waals surface area contributed by atoms with Gasteiger partial charge in [-0.2, -0.15) is 0 Å². The number of piperazine rings is 1. The van der Waals surface area contributed by atoms with E-state index >= 15 is 0 Å². The van der Waals surface area contributed by atoms with Crippen LogP contribution in [-0.4, -0.2) is 93.4 Å². The normalized spacial score (nSPS) is 17.0. The van der Waals surface area contributed by atoms with Gasteiger partial charge < -0.3 is 15.6 Å². The summed E-state index contributed by atoms with van der Waals surface area (Å²) >= 11 is 7.98. The summed E-state index contributed by atoms with van der Waals surface area (Å²) in [6, 6.07) is 18.4. The van der Waals surface area contributed by atoms with E-state index in [2.05, 4.69) is 15.1 Å². The predicted molar refractivity (Wildman–Crippen MR) is 172 cm³/mol. The van der Waals surface area contributed by atoms with Gasteiger partial charge in [-0.05, 0) is 60.9 Å². The summed E-state index contributed by atoms with van der Waals surface area (Å²) in [5, 5.41) is 12.8. The highest BCUT2D eigenvalue weighted by Crippen LogP contribution is 2.34. The molecule has 2 aliphatic rings. The first-order chi connectivity index (χ1) is 20.2. The van der Waals surface area contributed by atoms with E-state index in [0.717, 1.165) is 78.8 Å². The monoisotopic (exact) mass is 625 g/mol. The lowest BCUT2D eigenvalue weighted by atomic mass is 10.2. The minimum absolute atomic E-state index is 0.227. The number of para-hydroxylation sites is 1. The average molecular weight is 626 g/mol. The van der Waals surface area contributed by atoms with Gasteiger partial charge in [-0.3, -0.25) is 14.6 Å². The molecule has 3 heterocycles. The van der Waals surface area contributed by atoms with E-state index in [9.17, 15) is 13.2 Å². The number of nitrogens with one attached hydrogen (secondary N) is 2. The topological polar surface area (TPSA) is 96.8 Å². The lowest BCUT2D eigenvalue weighted by molar-refractivity contribution is -0.131. The van der Waals surface area contributed by atoms with Crippen molar-refractivity contribution in [3.63, 3.8) is 0 Å². The second-order valence-corrected chi connectivity index (χ2v) is 14.3. The van der Waals surface area contributed by atoms with Crippen molar-refractivity contribution >= 4 is 55.8 Å². The number of carbonyl (C=O) groups is 1. The molecule has 11 heteroatoms. The van der Waals surface area contributed by atoms with Crippen molar-refractivity contribution in [2.45, 2.75) is 17.7 Å². The third-order valence-electron chi connectivity index (χ3n) is 7.56.